The minimum absolute atomic E-state index is 0.160. The zero-order valence-electron chi connectivity index (χ0n) is 22.2. The molecule has 0 atom stereocenters. The van der Waals surface area contributed by atoms with Crippen LogP contribution in [0.2, 0.25) is 18.1 Å². The minimum atomic E-state index is -1.82. The minimum Gasteiger partial charge on any atom is -0.444 e. The van der Waals surface area contributed by atoms with Crippen molar-refractivity contribution in [2.75, 3.05) is 18.8 Å². The van der Waals surface area contributed by atoms with Crippen LogP contribution in [-0.2, 0) is 15.8 Å². The summed E-state index contributed by atoms with van der Waals surface area (Å²) in [6.45, 7) is 19.2. The third kappa shape index (κ3) is 4.84. The van der Waals surface area contributed by atoms with Gasteiger partial charge in [0.05, 0.1) is 17.6 Å². The molecule has 8 heteroatoms. The molecule has 2 N–H and O–H groups in total. The molecule has 1 aliphatic carbocycles. The van der Waals surface area contributed by atoms with Gasteiger partial charge in [-0.1, -0.05) is 26.8 Å². The maximum Gasteiger partial charge on any atom is 0.410 e. The standard InChI is InChI=1S/C26H42N4O3Si/c1-24(2,3)33-23(31)29-12-11-26(17-29)14-19(15-26)30-21-13-18(9-10-20(21)28-22(30)27)16-32-34(7,8)25(4,5)6/h9-10,13,19H,11-12,14-17H2,1-8H3,(H2,27,28)/t19-,26-. The van der Waals surface area contributed by atoms with Crippen molar-refractivity contribution in [1.82, 2.24) is 14.5 Å². The Morgan fingerprint density at radius 3 is 2.50 bits per heavy atom. The second kappa shape index (κ2) is 8.26. The molecular formula is C26H42N4O3Si. The number of anilines is 1. The molecule has 7 nitrogen and oxygen atoms in total. The number of rotatable bonds is 4. The Morgan fingerprint density at radius 2 is 1.88 bits per heavy atom. The van der Waals surface area contributed by atoms with E-state index in [1.807, 2.05) is 25.7 Å². The van der Waals surface area contributed by atoms with E-state index in [-0.39, 0.29) is 16.5 Å². The molecule has 0 unspecified atom stereocenters. The maximum atomic E-state index is 12.5. The fourth-order valence-corrected chi connectivity index (χ4v) is 5.94. The van der Waals surface area contributed by atoms with Gasteiger partial charge in [0.25, 0.3) is 0 Å². The number of hydrogen-bond donors (Lipinski definition) is 1. The number of amides is 1. The van der Waals surface area contributed by atoms with E-state index in [1.165, 1.54) is 0 Å². The third-order valence-corrected chi connectivity index (χ3v) is 12.5. The number of benzene rings is 1. The SMILES string of the molecule is CC(C)(C)OC(=O)N1CC[C@]2(C1)C[C@H](n1c(N)nc3ccc(CO[Si](C)(C)C(C)(C)C)cc31)C2. The number of nitrogens with two attached hydrogens (primary N) is 1. The lowest BCUT2D eigenvalue weighted by Gasteiger charge is -2.46. The van der Waals surface area contributed by atoms with Gasteiger partial charge in [0, 0.05) is 19.1 Å². The summed E-state index contributed by atoms with van der Waals surface area (Å²) in [7, 11) is -1.82. The molecule has 1 saturated carbocycles. The Kier molecular flexibility index (Phi) is 6.08. The summed E-state index contributed by atoms with van der Waals surface area (Å²) in [5.74, 6) is 0.569. The molecule has 1 spiro atoms. The smallest absolute Gasteiger partial charge is 0.410 e. The van der Waals surface area contributed by atoms with E-state index in [4.69, 9.17) is 14.9 Å². The van der Waals surface area contributed by atoms with Crippen molar-refractivity contribution in [3.8, 4) is 0 Å². The van der Waals surface area contributed by atoms with Crippen LogP contribution in [0.1, 0.15) is 72.4 Å². The highest BCUT2D eigenvalue weighted by atomic mass is 28.4. The average Bonchev–Trinajstić information content (AvgIpc) is 3.24. The first-order valence-electron chi connectivity index (χ1n) is 12.5. The van der Waals surface area contributed by atoms with Crippen LogP contribution in [0.3, 0.4) is 0 Å². The van der Waals surface area contributed by atoms with Gasteiger partial charge in [0.15, 0.2) is 8.32 Å². The van der Waals surface area contributed by atoms with Crippen molar-refractivity contribution in [3.63, 3.8) is 0 Å². The molecule has 1 aromatic heterocycles. The zero-order chi connectivity index (χ0) is 25.1. The molecule has 1 amide bonds. The van der Waals surface area contributed by atoms with E-state index in [1.54, 1.807) is 0 Å². The number of imidazole rings is 1. The Bertz CT molecular complexity index is 1070. The molecule has 2 fully saturated rings. The highest BCUT2D eigenvalue weighted by Crippen LogP contribution is 2.55. The summed E-state index contributed by atoms with van der Waals surface area (Å²) in [6, 6.07) is 6.66. The number of likely N-dealkylation sites (tertiary alicyclic amines) is 1. The summed E-state index contributed by atoms with van der Waals surface area (Å²) in [5, 5.41) is 0.179. The molecule has 4 rings (SSSR count). The van der Waals surface area contributed by atoms with Gasteiger partial charge in [-0.25, -0.2) is 9.78 Å². The predicted octanol–water partition coefficient (Wildman–Crippen LogP) is 6.10. The van der Waals surface area contributed by atoms with Crippen LogP contribution in [0.5, 0.6) is 0 Å². The van der Waals surface area contributed by atoms with Gasteiger partial charge in [-0.2, -0.15) is 0 Å². The first kappa shape index (κ1) is 25.0. The van der Waals surface area contributed by atoms with Gasteiger partial charge in [-0.05, 0) is 81.3 Å². The van der Waals surface area contributed by atoms with E-state index >= 15 is 0 Å². The summed E-state index contributed by atoms with van der Waals surface area (Å²) in [5.41, 5.74) is 9.25. The average molecular weight is 487 g/mol. The lowest BCUT2D eigenvalue weighted by Crippen LogP contribution is -2.43. The first-order valence-corrected chi connectivity index (χ1v) is 15.4. The van der Waals surface area contributed by atoms with Gasteiger partial charge in [0.2, 0.25) is 5.95 Å². The third-order valence-electron chi connectivity index (χ3n) is 7.98. The van der Waals surface area contributed by atoms with Crippen LogP contribution in [-0.4, -0.2) is 47.6 Å². The Hall–Kier alpha value is -2.06. The summed E-state index contributed by atoms with van der Waals surface area (Å²) < 4.78 is 14.2. The molecule has 0 radical (unpaired) electrons. The molecule has 2 aliphatic rings. The number of fused-ring (bicyclic) bond motifs is 1. The molecule has 34 heavy (non-hydrogen) atoms. The number of carbonyl (C=O) groups is 1. The number of hydrogen-bond acceptors (Lipinski definition) is 5. The fraction of sp³-hybridized carbons (Fsp3) is 0.692. The van der Waals surface area contributed by atoms with Gasteiger partial charge >= 0.3 is 6.09 Å². The normalized spacial score (nSPS) is 23.5. The lowest BCUT2D eigenvalue weighted by atomic mass is 9.65. The van der Waals surface area contributed by atoms with Gasteiger partial charge in [-0.3, -0.25) is 0 Å². The largest absolute Gasteiger partial charge is 0.444 e. The van der Waals surface area contributed by atoms with E-state index in [0.717, 1.165) is 48.9 Å². The van der Waals surface area contributed by atoms with Crippen LogP contribution in [0, 0.1) is 5.41 Å². The molecule has 1 saturated heterocycles. The first-order chi connectivity index (χ1) is 15.6. The van der Waals surface area contributed by atoms with Crippen molar-refractivity contribution in [1.29, 1.82) is 0 Å². The van der Waals surface area contributed by atoms with E-state index < -0.39 is 13.9 Å². The van der Waals surface area contributed by atoms with Crippen LogP contribution >= 0.6 is 0 Å². The molecule has 2 aromatic rings. The summed E-state index contributed by atoms with van der Waals surface area (Å²) >= 11 is 0. The quantitative estimate of drug-likeness (QED) is 0.528. The highest BCUT2D eigenvalue weighted by molar-refractivity contribution is 6.74. The number of aromatic nitrogens is 2. The van der Waals surface area contributed by atoms with Crippen LogP contribution in [0.25, 0.3) is 11.0 Å². The number of nitrogens with zero attached hydrogens (tertiary/aromatic N) is 3. The van der Waals surface area contributed by atoms with Crippen molar-refractivity contribution < 1.29 is 14.0 Å². The van der Waals surface area contributed by atoms with E-state index in [0.29, 0.717) is 18.6 Å². The molecule has 1 aliphatic heterocycles. The Labute approximate surface area is 205 Å². The Balaban J connectivity index is 1.46. The number of ether oxygens (including phenoxy) is 1. The van der Waals surface area contributed by atoms with Crippen LogP contribution in [0.15, 0.2) is 18.2 Å². The molecular weight excluding hydrogens is 444 g/mol. The van der Waals surface area contributed by atoms with Crippen molar-refractivity contribution in [2.45, 2.75) is 97.2 Å². The van der Waals surface area contributed by atoms with E-state index in [9.17, 15) is 4.79 Å². The maximum absolute atomic E-state index is 12.5. The Morgan fingerprint density at radius 1 is 1.21 bits per heavy atom. The number of nitrogen functional groups attached to an aromatic ring is 1. The summed E-state index contributed by atoms with van der Waals surface area (Å²) in [4.78, 5) is 19.0. The molecule has 188 valence electrons. The van der Waals surface area contributed by atoms with Gasteiger partial charge < -0.3 is 24.4 Å². The predicted molar refractivity (Wildman–Crippen MR) is 139 cm³/mol. The fourth-order valence-electron chi connectivity index (χ4n) is 4.98. The molecule has 0 bridgehead atoms. The molecule has 1 aromatic carbocycles. The van der Waals surface area contributed by atoms with Gasteiger partial charge in [-0.15, -0.1) is 0 Å². The van der Waals surface area contributed by atoms with Crippen LogP contribution in [0.4, 0.5) is 10.7 Å². The van der Waals surface area contributed by atoms with Crippen molar-refractivity contribution >= 4 is 31.4 Å². The van der Waals surface area contributed by atoms with Crippen molar-refractivity contribution in [3.05, 3.63) is 23.8 Å². The highest BCUT2D eigenvalue weighted by Gasteiger charge is 2.51. The van der Waals surface area contributed by atoms with Crippen molar-refractivity contribution in [2.24, 2.45) is 5.41 Å². The second-order valence-electron chi connectivity index (χ2n) is 12.9. The molecule has 2 heterocycles. The monoisotopic (exact) mass is 486 g/mol. The summed E-state index contributed by atoms with van der Waals surface area (Å²) in [6.07, 6.45) is 2.83. The zero-order valence-corrected chi connectivity index (χ0v) is 23.2. The second-order valence-corrected chi connectivity index (χ2v) is 17.7. The lowest BCUT2D eigenvalue weighted by molar-refractivity contribution is 0.0200. The van der Waals surface area contributed by atoms with Gasteiger partial charge in [0.1, 0.15) is 5.60 Å². The topological polar surface area (TPSA) is 82.6 Å². The van der Waals surface area contributed by atoms with Crippen LogP contribution < -0.4 is 5.73 Å². The van der Waals surface area contributed by atoms with E-state index in [2.05, 4.69) is 61.6 Å². The number of carbonyl (C=O) groups excluding carboxylic acids is 1.